The molecule has 0 saturated heterocycles. The molecule has 21 heavy (non-hydrogen) atoms. The van der Waals surface area contributed by atoms with Gasteiger partial charge in [-0.15, -0.1) is 0 Å². The van der Waals surface area contributed by atoms with Crippen LogP contribution in [0.1, 0.15) is 26.3 Å². The van der Waals surface area contributed by atoms with Gasteiger partial charge in [0.05, 0.1) is 5.69 Å². The zero-order valence-electron chi connectivity index (χ0n) is 12.3. The summed E-state index contributed by atoms with van der Waals surface area (Å²) in [6.07, 6.45) is 0. The van der Waals surface area contributed by atoms with Crippen LogP contribution in [0, 0.1) is 24.0 Å². The van der Waals surface area contributed by atoms with Crippen LogP contribution >= 0.6 is 0 Å². The number of urea groups is 1. The molecule has 0 aliphatic carbocycles. The summed E-state index contributed by atoms with van der Waals surface area (Å²) in [5, 5.41) is 13.4. The van der Waals surface area contributed by atoms with Crippen molar-refractivity contribution < 1.29 is 23.5 Å². The first-order chi connectivity index (χ1) is 9.52. The maximum atomic E-state index is 13.6. The fraction of sp³-hybridized carbons (Fsp3) is 0.429. The highest BCUT2D eigenvalue weighted by atomic mass is 19.1. The second-order valence-electron chi connectivity index (χ2n) is 5.82. The summed E-state index contributed by atoms with van der Waals surface area (Å²) in [6.45, 7) is 6.30. The minimum absolute atomic E-state index is 0.108. The van der Waals surface area contributed by atoms with Crippen molar-refractivity contribution in [3.05, 3.63) is 29.3 Å². The molecule has 0 heterocycles. The van der Waals surface area contributed by atoms with Gasteiger partial charge in [-0.05, 0) is 24.0 Å². The van der Waals surface area contributed by atoms with Crippen LogP contribution < -0.4 is 10.6 Å². The highest BCUT2D eigenvalue weighted by Gasteiger charge is 2.32. The Bertz CT molecular complexity index is 568. The van der Waals surface area contributed by atoms with Crippen LogP contribution in [-0.4, -0.2) is 23.1 Å². The first-order valence-corrected chi connectivity index (χ1v) is 6.28. The van der Waals surface area contributed by atoms with Crippen molar-refractivity contribution in [1.82, 2.24) is 5.32 Å². The molecule has 0 fully saturated rings. The summed E-state index contributed by atoms with van der Waals surface area (Å²) >= 11 is 0. The number of nitrogens with one attached hydrogen (secondary N) is 2. The molecule has 0 spiro atoms. The van der Waals surface area contributed by atoms with E-state index in [1.54, 1.807) is 20.8 Å². The van der Waals surface area contributed by atoms with E-state index < -0.39 is 35.1 Å². The lowest BCUT2D eigenvalue weighted by Crippen LogP contribution is -2.50. The van der Waals surface area contributed by atoms with Gasteiger partial charge >= 0.3 is 12.0 Å². The normalized spacial score (nSPS) is 12.7. The molecule has 0 unspecified atom stereocenters. The SMILES string of the molecule is Cc1cc(F)c(NC(=O)N[C@@H](C(=O)O)C(C)(C)C)cc1F. The Kier molecular flexibility index (Phi) is 4.88. The first-order valence-electron chi connectivity index (χ1n) is 6.28. The van der Waals surface area contributed by atoms with Gasteiger partial charge in [-0.25, -0.2) is 18.4 Å². The van der Waals surface area contributed by atoms with Crippen molar-refractivity contribution in [3.63, 3.8) is 0 Å². The predicted molar refractivity (Wildman–Crippen MR) is 74.1 cm³/mol. The average molecular weight is 300 g/mol. The van der Waals surface area contributed by atoms with Crippen LogP contribution in [-0.2, 0) is 4.79 Å². The molecule has 1 aromatic carbocycles. The van der Waals surface area contributed by atoms with Crippen LogP contribution in [0.2, 0.25) is 0 Å². The van der Waals surface area contributed by atoms with E-state index in [1.807, 2.05) is 0 Å². The van der Waals surface area contributed by atoms with Crippen molar-refractivity contribution >= 4 is 17.7 Å². The van der Waals surface area contributed by atoms with Gasteiger partial charge in [0.25, 0.3) is 0 Å². The first kappa shape index (κ1) is 16.9. The number of anilines is 1. The number of hydrogen-bond acceptors (Lipinski definition) is 2. The number of amides is 2. The minimum atomic E-state index is -1.21. The van der Waals surface area contributed by atoms with E-state index in [0.717, 1.165) is 12.1 Å². The van der Waals surface area contributed by atoms with E-state index in [1.165, 1.54) is 6.92 Å². The van der Waals surface area contributed by atoms with Gasteiger partial charge in [-0.1, -0.05) is 20.8 Å². The van der Waals surface area contributed by atoms with E-state index >= 15 is 0 Å². The van der Waals surface area contributed by atoms with E-state index in [0.29, 0.717) is 0 Å². The van der Waals surface area contributed by atoms with E-state index in [-0.39, 0.29) is 11.3 Å². The van der Waals surface area contributed by atoms with E-state index in [4.69, 9.17) is 5.11 Å². The van der Waals surface area contributed by atoms with Gasteiger partial charge in [-0.2, -0.15) is 0 Å². The van der Waals surface area contributed by atoms with Crippen molar-refractivity contribution in [2.75, 3.05) is 5.32 Å². The number of carbonyl (C=O) groups excluding carboxylic acids is 1. The van der Waals surface area contributed by atoms with Crippen LogP contribution in [0.25, 0.3) is 0 Å². The number of hydrogen-bond donors (Lipinski definition) is 3. The van der Waals surface area contributed by atoms with E-state index in [2.05, 4.69) is 10.6 Å². The lowest BCUT2D eigenvalue weighted by Gasteiger charge is -2.27. The largest absolute Gasteiger partial charge is 0.480 e. The van der Waals surface area contributed by atoms with Gasteiger partial charge in [0, 0.05) is 6.07 Å². The molecule has 0 bridgehead atoms. The number of carboxylic acids is 1. The molecule has 0 aliphatic rings. The maximum absolute atomic E-state index is 13.6. The molecule has 3 N–H and O–H groups in total. The molecule has 0 radical (unpaired) electrons. The van der Waals surface area contributed by atoms with Gasteiger partial charge in [-0.3, -0.25) is 0 Å². The number of rotatable bonds is 3. The Hall–Kier alpha value is -2.18. The molecule has 0 aliphatic heterocycles. The Morgan fingerprint density at radius 1 is 1.19 bits per heavy atom. The molecular formula is C14H18F2N2O3. The van der Waals surface area contributed by atoms with Crippen LogP contribution in [0.5, 0.6) is 0 Å². The van der Waals surface area contributed by atoms with Crippen LogP contribution in [0.15, 0.2) is 12.1 Å². The molecule has 0 aromatic heterocycles. The third kappa shape index (κ3) is 4.40. The number of carbonyl (C=O) groups is 2. The Labute approximate surface area is 121 Å². The van der Waals surface area contributed by atoms with Crippen molar-refractivity contribution in [1.29, 1.82) is 0 Å². The molecule has 1 aromatic rings. The predicted octanol–water partition coefficient (Wildman–Crippen LogP) is 2.89. The number of aliphatic carboxylic acids is 1. The number of halogens is 2. The summed E-state index contributed by atoms with van der Waals surface area (Å²) in [4.78, 5) is 22.9. The van der Waals surface area contributed by atoms with Crippen LogP contribution in [0.3, 0.4) is 0 Å². The lowest BCUT2D eigenvalue weighted by atomic mass is 9.87. The zero-order chi connectivity index (χ0) is 16.4. The molecule has 1 rings (SSSR count). The lowest BCUT2D eigenvalue weighted by molar-refractivity contribution is -0.141. The number of benzene rings is 1. The topological polar surface area (TPSA) is 78.4 Å². The Morgan fingerprint density at radius 2 is 1.76 bits per heavy atom. The second kappa shape index (κ2) is 6.07. The monoisotopic (exact) mass is 300 g/mol. The third-order valence-electron chi connectivity index (χ3n) is 2.88. The van der Waals surface area contributed by atoms with Gasteiger partial charge < -0.3 is 15.7 Å². The zero-order valence-corrected chi connectivity index (χ0v) is 12.3. The molecular weight excluding hydrogens is 282 g/mol. The van der Waals surface area contributed by atoms with Crippen LogP contribution in [0.4, 0.5) is 19.3 Å². The fourth-order valence-electron chi connectivity index (χ4n) is 1.68. The average Bonchev–Trinajstić information content (AvgIpc) is 2.31. The Balaban J connectivity index is 2.87. The van der Waals surface area contributed by atoms with Gasteiger partial charge in [0.1, 0.15) is 17.7 Å². The molecule has 116 valence electrons. The smallest absolute Gasteiger partial charge is 0.326 e. The number of aryl methyl sites for hydroxylation is 1. The van der Waals surface area contributed by atoms with Gasteiger partial charge in [0.15, 0.2) is 0 Å². The quantitative estimate of drug-likeness (QED) is 0.803. The summed E-state index contributed by atoms with van der Waals surface area (Å²) < 4.78 is 27.0. The standard InChI is InChI=1S/C14H18F2N2O3/c1-7-5-9(16)10(6-8(7)15)17-13(21)18-11(12(19)20)14(2,3)4/h5-6,11H,1-4H3,(H,19,20)(H2,17,18,21)/t11-/m0/s1. The summed E-state index contributed by atoms with van der Waals surface area (Å²) in [5.41, 5.74) is -0.981. The van der Waals surface area contributed by atoms with Gasteiger partial charge in [0.2, 0.25) is 0 Å². The Morgan fingerprint density at radius 3 is 2.24 bits per heavy atom. The third-order valence-corrected chi connectivity index (χ3v) is 2.88. The highest BCUT2D eigenvalue weighted by molar-refractivity contribution is 5.92. The minimum Gasteiger partial charge on any atom is -0.480 e. The van der Waals surface area contributed by atoms with Crippen molar-refractivity contribution in [2.24, 2.45) is 5.41 Å². The maximum Gasteiger partial charge on any atom is 0.326 e. The summed E-state index contributed by atoms with van der Waals surface area (Å²) in [7, 11) is 0. The van der Waals surface area contributed by atoms with E-state index in [9.17, 15) is 18.4 Å². The fourth-order valence-corrected chi connectivity index (χ4v) is 1.68. The van der Waals surface area contributed by atoms with Crippen molar-refractivity contribution in [2.45, 2.75) is 33.7 Å². The molecule has 2 amide bonds. The highest BCUT2D eigenvalue weighted by Crippen LogP contribution is 2.21. The summed E-state index contributed by atoms with van der Waals surface area (Å²) in [6, 6.07) is -0.295. The van der Waals surface area contributed by atoms with Crippen molar-refractivity contribution in [3.8, 4) is 0 Å². The molecule has 7 heteroatoms. The molecule has 5 nitrogen and oxygen atoms in total. The molecule has 0 saturated carbocycles. The molecule has 1 atom stereocenters. The summed E-state index contributed by atoms with van der Waals surface area (Å²) in [5.74, 6) is -2.68. The number of carboxylic acid groups (broad SMARTS) is 1. The second-order valence-corrected chi connectivity index (χ2v) is 5.82.